The Labute approximate surface area is 371 Å². The van der Waals surface area contributed by atoms with Crippen molar-refractivity contribution in [3.8, 4) is 22.4 Å². The number of piperidine rings is 1. The number of fused-ring (bicyclic) bond motifs is 6. The topological polar surface area (TPSA) is 188 Å². The van der Waals surface area contributed by atoms with Gasteiger partial charge in [-0.25, -0.2) is 19.6 Å². The van der Waals surface area contributed by atoms with Crippen LogP contribution in [0.2, 0.25) is 0 Å². The summed E-state index contributed by atoms with van der Waals surface area (Å²) in [6, 6.07) is 16.9. The zero-order valence-electron chi connectivity index (χ0n) is 37.2. The van der Waals surface area contributed by atoms with Crippen LogP contribution in [-0.2, 0) is 19.1 Å². The number of ether oxygens (including phenoxy) is 2. The molecule has 15 nitrogen and oxygen atoms in total. The first-order chi connectivity index (χ1) is 30.8. The van der Waals surface area contributed by atoms with Crippen molar-refractivity contribution in [2.75, 3.05) is 20.8 Å². The van der Waals surface area contributed by atoms with Crippen LogP contribution in [0.4, 0.5) is 9.59 Å². The van der Waals surface area contributed by atoms with Crippen LogP contribution in [0, 0.1) is 23.2 Å². The highest BCUT2D eigenvalue weighted by atomic mass is 16.5. The molecule has 4 N–H and O–H groups in total. The van der Waals surface area contributed by atoms with Gasteiger partial charge < -0.3 is 44.3 Å². The largest absolute Gasteiger partial charge is 0.456 e. The van der Waals surface area contributed by atoms with Crippen LogP contribution in [-0.4, -0.2) is 92.6 Å². The van der Waals surface area contributed by atoms with Gasteiger partial charge in [0, 0.05) is 28.9 Å². The molecule has 3 aromatic heterocycles. The van der Waals surface area contributed by atoms with E-state index in [1.165, 1.54) is 14.2 Å². The van der Waals surface area contributed by atoms with Crippen LogP contribution in [0.25, 0.3) is 55.4 Å². The molecule has 334 valence electrons. The highest BCUT2D eigenvalue weighted by Crippen LogP contribution is 2.58. The van der Waals surface area contributed by atoms with Crippen LogP contribution in [0.3, 0.4) is 0 Å². The Morgan fingerprint density at radius 3 is 2.08 bits per heavy atom. The van der Waals surface area contributed by atoms with Crippen molar-refractivity contribution in [1.29, 1.82) is 0 Å². The van der Waals surface area contributed by atoms with Crippen LogP contribution in [0.1, 0.15) is 96.4 Å². The lowest BCUT2D eigenvalue weighted by Gasteiger charge is -2.42. The van der Waals surface area contributed by atoms with Crippen molar-refractivity contribution in [3.63, 3.8) is 0 Å². The molecule has 6 atom stereocenters. The average Bonchev–Trinajstić information content (AvgIpc) is 3.84. The number of H-pyrrole nitrogens is 2. The third kappa shape index (κ3) is 7.41. The second-order valence-electron chi connectivity index (χ2n) is 19.3. The lowest BCUT2D eigenvalue weighted by molar-refractivity contribution is -0.141. The molecular formula is C49H56N8O7. The molecule has 2 saturated carbocycles. The number of nitrogens with zero attached hydrogens (tertiary/aromatic N) is 4. The summed E-state index contributed by atoms with van der Waals surface area (Å²) in [5, 5.41) is 7.55. The number of furan rings is 1. The Kier molecular flexibility index (Phi) is 10.4. The number of alkyl carbamates (subject to hydrolysis) is 2. The van der Waals surface area contributed by atoms with Gasteiger partial charge in [-0.2, -0.15) is 0 Å². The van der Waals surface area contributed by atoms with Gasteiger partial charge in [0.1, 0.15) is 34.9 Å². The number of hydrogen-bond acceptors (Lipinski definition) is 9. The average molecular weight is 869 g/mol. The number of hydrogen-bond donors (Lipinski definition) is 4. The fourth-order valence-corrected chi connectivity index (χ4v) is 10.7. The van der Waals surface area contributed by atoms with Gasteiger partial charge in [-0.1, -0.05) is 45.9 Å². The number of imidazole rings is 2. The molecule has 4 fully saturated rings. The van der Waals surface area contributed by atoms with Crippen LogP contribution in [0.5, 0.6) is 0 Å². The lowest BCUT2D eigenvalue weighted by Crippen LogP contribution is -2.55. The molecule has 10 rings (SSSR count). The summed E-state index contributed by atoms with van der Waals surface area (Å²) >= 11 is 0. The Hall–Kier alpha value is -6.38. The maximum atomic E-state index is 14.2. The number of likely N-dealkylation sites (tertiary alicyclic amines) is 2. The van der Waals surface area contributed by atoms with E-state index in [0.717, 1.165) is 112 Å². The van der Waals surface area contributed by atoms with E-state index in [-0.39, 0.29) is 47.2 Å². The summed E-state index contributed by atoms with van der Waals surface area (Å²) in [6.07, 6.45) is 7.36. The van der Waals surface area contributed by atoms with E-state index in [2.05, 4.69) is 63.1 Å². The van der Waals surface area contributed by atoms with E-state index in [0.29, 0.717) is 12.5 Å². The number of methoxy groups -OCH3 is 2. The number of benzene rings is 3. The van der Waals surface area contributed by atoms with E-state index in [9.17, 15) is 19.2 Å². The summed E-state index contributed by atoms with van der Waals surface area (Å²) in [4.78, 5) is 73.5. The number of aromatic amines is 2. The molecule has 15 heteroatoms. The minimum atomic E-state index is -0.704. The summed E-state index contributed by atoms with van der Waals surface area (Å²) in [7, 11) is 2.61. The Morgan fingerprint density at radius 1 is 0.766 bits per heavy atom. The molecule has 1 spiro atoms. The first kappa shape index (κ1) is 41.6. The maximum Gasteiger partial charge on any atom is 0.407 e. The smallest absolute Gasteiger partial charge is 0.407 e. The standard InChI is InChI=1S/C49H56N8O7/c1-25(2)41(54-47(60)62-5)45(58)56-24-49(15-16-49)22-38(56)43-50-23-36(53-43)30-9-13-33-32-12-8-29(20-39(32)64-40(33)21-30)28-10-14-34-35(19-28)52-44(51-34)37-18-27-7-11-31(17-27)57(37)46(59)42(26(3)4)55-48(61)63-6/h8-10,12-14,19-21,23,25-27,31,37-38,41-42H,7,11,15-18,22,24H2,1-6H3,(H,50,53)(H,51,52)(H,54,60)(H,55,61). The predicted octanol–water partition coefficient (Wildman–Crippen LogP) is 8.78. The number of nitrogens with one attached hydrogen (secondary N) is 4. The normalized spacial score (nSPS) is 22.2. The fraction of sp³-hybridized carbons (Fsp3) is 0.469. The van der Waals surface area contributed by atoms with Crippen molar-refractivity contribution in [3.05, 3.63) is 72.4 Å². The lowest BCUT2D eigenvalue weighted by atomic mass is 9.90. The van der Waals surface area contributed by atoms with Gasteiger partial charge in [-0.15, -0.1) is 0 Å². The Morgan fingerprint density at radius 2 is 1.41 bits per heavy atom. The van der Waals surface area contributed by atoms with Crippen molar-refractivity contribution in [2.45, 2.75) is 103 Å². The van der Waals surface area contributed by atoms with Gasteiger partial charge >= 0.3 is 12.2 Å². The summed E-state index contributed by atoms with van der Waals surface area (Å²) in [6.45, 7) is 8.36. The highest BCUT2D eigenvalue weighted by Gasteiger charge is 2.55. The van der Waals surface area contributed by atoms with Crippen molar-refractivity contribution >= 4 is 57.0 Å². The molecule has 2 saturated heterocycles. The van der Waals surface area contributed by atoms with Gasteiger partial charge in [0.2, 0.25) is 11.8 Å². The van der Waals surface area contributed by atoms with Crippen LogP contribution < -0.4 is 10.6 Å². The van der Waals surface area contributed by atoms with E-state index < -0.39 is 24.3 Å². The van der Waals surface area contributed by atoms with E-state index in [1.807, 2.05) is 55.8 Å². The zero-order valence-corrected chi connectivity index (χ0v) is 37.2. The number of rotatable bonds is 10. The van der Waals surface area contributed by atoms with Crippen molar-refractivity contribution < 1.29 is 33.1 Å². The summed E-state index contributed by atoms with van der Waals surface area (Å²) in [5.74, 6) is 1.56. The summed E-state index contributed by atoms with van der Waals surface area (Å²) < 4.78 is 16.2. The van der Waals surface area contributed by atoms with Crippen LogP contribution >= 0.6 is 0 Å². The third-order valence-corrected chi connectivity index (χ3v) is 14.4. The molecule has 2 bridgehead atoms. The zero-order chi connectivity index (χ0) is 44.6. The molecular weight excluding hydrogens is 813 g/mol. The van der Waals surface area contributed by atoms with E-state index in [4.69, 9.17) is 23.9 Å². The molecule has 0 radical (unpaired) electrons. The molecule has 3 aromatic carbocycles. The van der Waals surface area contributed by atoms with Crippen molar-refractivity contribution in [2.24, 2.45) is 23.2 Å². The second-order valence-corrected chi connectivity index (χ2v) is 19.3. The fourth-order valence-electron chi connectivity index (χ4n) is 10.7. The Balaban J connectivity index is 0.898. The molecule has 2 aliphatic heterocycles. The minimum absolute atomic E-state index is 0.0970. The second kappa shape index (κ2) is 16.0. The molecule has 64 heavy (non-hydrogen) atoms. The number of amides is 4. The monoisotopic (exact) mass is 868 g/mol. The Bertz CT molecular complexity index is 2800. The molecule has 4 amide bonds. The first-order valence-corrected chi connectivity index (χ1v) is 22.6. The van der Waals surface area contributed by atoms with Gasteiger partial charge in [0.25, 0.3) is 0 Å². The predicted molar refractivity (Wildman–Crippen MR) is 241 cm³/mol. The van der Waals surface area contributed by atoms with Crippen LogP contribution in [0.15, 0.2) is 65.2 Å². The van der Waals surface area contributed by atoms with Crippen molar-refractivity contribution in [1.82, 2.24) is 40.4 Å². The molecule has 2 aliphatic carbocycles. The molecule has 5 heterocycles. The van der Waals surface area contributed by atoms with E-state index >= 15 is 0 Å². The van der Waals surface area contributed by atoms with Gasteiger partial charge in [-0.3, -0.25) is 9.59 Å². The maximum absolute atomic E-state index is 14.2. The van der Waals surface area contributed by atoms with Gasteiger partial charge in [0.05, 0.1) is 49.2 Å². The third-order valence-electron chi connectivity index (χ3n) is 14.4. The SMILES string of the molecule is COC(=O)NC(C(=O)N1CC2(CC2)CC1c1ncc(-c2ccc3c(c2)oc2cc(-c4ccc5nc(C6CC7CCC(C7)N6C(=O)C(NC(=O)OC)C(C)C)[nH]c5c4)ccc23)[nH]1)C(C)C. The quantitative estimate of drug-likeness (QED) is 0.104. The molecule has 6 unspecified atom stereocenters. The minimum Gasteiger partial charge on any atom is -0.456 e. The number of aromatic nitrogens is 4. The molecule has 6 aromatic rings. The summed E-state index contributed by atoms with van der Waals surface area (Å²) in [5.41, 5.74) is 7.07. The van der Waals surface area contributed by atoms with E-state index in [1.54, 1.807) is 0 Å². The molecule has 4 aliphatic rings. The van der Waals surface area contributed by atoms with Gasteiger partial charge in [-0.05, 0) is 116 Å². The first-order valence-electron chi connectivity index (χ1n) is 22.6. The highest BCUT2D eigenvalue weighted by molar-refractivity contribution is 6.07. The number of carbonyl (C=O) groups excluding carboxylic acids is 4. The van der Waals surface area contributed by atoms with Gasteiger partial charge in [0.15, 0.2) is 0 Å². The number of carbonyl (C=O) groups is 4.